The molecule has 1 unspecified atom stereocenters. The topological polar surface area (TPSA) is 63.6 Å². The van der Waals surface area contributed by atoms with Crippen molar-refractivity contribution in [3.8, 4) is 5.75 Å². The van der Waals surface area contributed by atoms with Crippen LogP contribution in [0, 0.1) is 5.92 Å². The second kappa shape index (κ2) is 14.2. The predicted molar refractivity (Wildman–Crippen MR) is 109 cm³/mol. The minimum atomic E-state index is -0.637. The summed E-state index contributed by atoms with van der Waals surface area (Å²) in [7, 11) is 0. The maximum absolute atomic E-state index is 12.5. The van der Waals surface area contributed by atoms with Gasteiger partial charge in [-0.2, -0.15) is 0 Å². The van der Waals surface area contributed by atoms with E-state index in [1.165, 1.54) is 56.4 Å². The molecule has 0 heterocycles. The summed E-state index contributed by atoms with van der Waals surface area (Å²) in [6, 6.07) is 5.77. The number of carbonyl (C=O) groups excluding carboxylic acids is 2. The van der Waals surface area contributed by atoms with Gasteiger partial charge in [0.15, 0.2) is 0 Å². The van der Waals surface area contributed by atoms with Gasteiger partial charge in [-0.25, -0.2) is 4.79 Å². The van der Waals surface area contributed by atoms with E-state index in [9.17, 15) is 14.7 Å². The highest BCUT2D eigenvalue weighted by molar-refractivity contribution is 5.97. The Kier molecular flexibility index (Phi) is 12.2. The summed E-state index contributed by atoms with van der Waals surface area (Å²) >= 11 is 0. The molecular formula is C23H36O4. The second-order valence-electron chi connectivity index (χ2n) is 7.36. The number of hydrogen-bond acceptors (Lipinski definition) is 4. The lowest BCUT2D eigenvalue weighted by Gasteiger charge is -2.15. The lowest BCUT2D eigenvalue weighted by atomic mass is 9.94. The molecule has 4 heteroatoms. The first kappa shape index (κ1) is 23.2. The number of phenolic OH excluding ortho intramolecular Hbond substituents is 1. The Morgan fingerprint density at radius 3 is 1.85 bits per heavy atom. The third-order valence-corrected chi connectivity index (χ3v) is 4.94. The van der Waals surface area contributed by atoms with Crippen molar-refractivity contribution in [3.05, 3.63) is 29.8 Å². The van der Waals surface area contributed by atoms with Crippen LogP contribution in [0.4, 0.5) is 0 Å². The van der Waals surface area contributed by atoms with Crippen molar-refractivity contribution < 1.29 is 19.4 Å². The summed E-state index contributed by atoms with van der Waals surface area (Å²) in [6.07, 6.45) is 13.1. The first-order valence-electron chi connectivity index (χ1n) is 10.6. The van der Waals surface area contributed by atoms with Gasteiger partial charge < -0.3 is 9.84 Å². The quantitative estimate of drug-likeness (QED) is 0.231. The minimum absolute atomic E-state index is 0.0785. The lowest BCUT2D eigenvalue weighted by molar-refractivity contribution is -0.143. The summed E-state index contributed by atoms with van der Waals surface area (Å²) in [6.45, 7) is 4.37. The van der Waals surface area contributed by atoms with Crippen LogP contribution in [-0.2, 0) is 9.53 Å². The molecule has 1 aromatic rings. The van der Waals surface area contributed by atoms with Crippen molar-refractivity contribution in [1.29, 1.82) is 0 Å². The van der Waals surface area contributed by atoms with Gasteiger partial charge in [0.05, 0.1) is 11.5 Å². The van der Waals surface area contributed by atoms with Crippen LogP contribution in [0.3, 0.4) is 0 Å². The monoisotopic (exact) mass is 376 g/mol. The van der Waals surface area contributed by atoms with E-state index in [-0.39, 0.29) is 17.2 Å². The van der Waals surface area contributed by atoms with Crippen LogP contribution >= 0.6 is 0 Å². The van der Waals surface area contributed by atoms with Crippen LogP contribution in [0.15, 0.2) is 24.3 Å². The molecule has 0 aromatic heterocycles. The SMILES string of the molecule is CCCCCCCCC(CCCCCC)C(=O)OC(=O)c1ccc(O)cc1. The fourth-order valence-electron chi connectivity index (χ4n) is 3.20. The van der Waals surface area contributed by atoms with Gasteiger partial charge in [0, 0.05) is 0 Å². The Morgan fingerprint density at radius 2 is 1.30 bits per heavy atom. The molecule has 0 radical (unpaired) electrons. The molecule has 0 saturated carbocycles. The molecular weight excluding hydrogens is 340 g/mol. The largest absolute Gasteiger partial charge is 0.508 e. The van der Waals surface area contributed by atoms with E-state index in [1.807, 2.05) is 0 Å². The first-order chi connectivity index (χ1) is 13.1. The van der Waals surface area contributed by atoms with Gasteiger partial charge in [-0.15, -0.1) is 0 Å². The highest BCUT2D eigenvalue weighted by Gasteiger charge is 2.23. The van der Waals surface area contributed by atoms with Crippen LogP contribution < -0.4 is 0 Å². The van der Waals surface area contributed by atoms with Crippen LogP contribution in [-0.4, -0.2) is 17.0 Å². The van der Waals surface area contributed by atoms with Crippen molar-refractivity contribution in [2.45, 2.75) is 90.9 Å². The molecule has 1 aromatic carbocycles. The van der Waals surface area contributed by atoms with E-state index in [1.54, 1.807) is 0 Å². The van der Waals surface area contributed by atoms with E-state index < -0.39 is 11.9 Å². The van der Waals surface area contributed by atoms with Gasteiger partial charge in [-0.1, -0.05) is 78.1 Å². The number of hydrogen-bond donors (Lipinski definition) is 1. The summed E-state index contributed by atoms with van der Waals surface area (Å²) in [5.41, 5.74) is 0.283. The molecule has 4 nitrogen and oxygen atoms in total. The molecule has 0 aliphatic carbocycles. The maximum Gasteiger partial charge on any atom is 0.345 e. The van der Waals surface area contributed by atoms with Gasteiger partial charge >= 0.3 is 11.9 Å². The van der Waals surface area contributed by atoms with Crippen molar-refractivity contribution >= 4 is 11.9 Å². The fraction of sp³-hybridized carbons (Fsp3) is 0.652. The molecule has 1 atom stereocenters. The number of rotatable bonds is 14. The Hall–Kier alpha value is -1.84. The van der Waals surface area contributed by atoms with Gasteiger partial charge in [-0.05, 0) is 37.1 Å². The highest BCUT2D eigenvalue weighted by atomic mass is 16.6. The average molecular weight is 377 g/mol. The number of esters is 2. The van der Waals surface area contributed by atoms with E-state index in [0.29, 0.717) is 0 Å². The van der Waals surface area contributed by atoms with E-state index in [4.69, 9.17) is 4.74 Å². The molecule has 0 aliphatic heterocycles. The molecule has 1 N–H and O–H groups in total. The van der Waals surface area contributed by atoms with E-state index in [0.717, 1.165) is 44.9 Å². The Bertz CT molecular complexity index is 536. The number of aromatic hydroxyl groups is 1. The summed E-state index contributed by atoms with van der Waals surface area (Å²) in [4.78, 5) is 24.7. The molecule has 0 saturated heterocycles. The Labute approximate surface area is 164 Å². The molecule has 0 fully saturated rings. The highest BCUT2D eigenvalue weighted by Crippen LogP contribution is 2.21. The average Bonchev–Trinajstić information content (AvgIpc) is 2.66. The molecule has 0 amide bonds. The van der Waals surface area contributed by atoms with Gasteiger partial charge in [-0.3, -0.25) is 4.79 Å². The zero-order chi connectivity index (χ0) is 19.9. The predicted octanol–water partition coefficient (Wildman–Crippen LogP) is 6.41. The number of phenols is 1. The van der Waals surface area contributed by atoms with E-state index in [2.05, 4.69) is 13.8 Å². The third kappa shape index (κ3) is 10.2. The Morgan fingerprint density at radius 1 is 0.815 bits per heavy atom. The van der Waals surface area contributed by atoms with Crippen LogP contribution in [0.25, 0.3) is 0 Å². The van der Waals surface area contributed by atoms with Crippen LogP contribution in [0.1, 0.15) is 101 Å². The van der Waals surface area contributed by atoms with Crippen molar-refractivity contribution in [3.63, 3.8) is 0 Å². The number of ether oxygens (including phenoxy) is 1. The van der Waals surface area contributed by atoms with Gasteiger partial charge in [0.25, 0.3) is 0 Å². The Balaban J connectivity index is 2.51. The second-order valence-corrected chi connectivity index (χ2v) is 7.36. The molecule has 152 valence electrons. The number of unbranched alkanes of at least 4 members (excludes halogenated alkanes) is 8. The zero-order valence-corrected chi connectivity index (χ0v) is 17.0. The zero-order valence-electron chi connectivity index (χ0n) is 17.0. The summed E-state index contributed by atoms with van der Waals surface area (Å²) < 4.78 is 5.13. The van der Waals surface area contributed by atoms with Crippen LogP contribution in [0.2, 0.25) is 0 Å². The van der Waals surface area contributed by atoms with Gasteiger partial charge in [0.1, 0.15) is 5.75 Å². The lowest BCUT2D eigenvalue weighted by Crippen LogP contribution is -2.21. The molecule has 0 spiro atoms. The number of carbonyl (C=O) groups is 2. The fourth-order valence-corrected chi connectivity index (χ4v) is 3.20. The summed E-state index contributed by atoms with van der Waals surface area (Å²) in [5, 5.41) is 9.30. The molecule has 27 heavy (non-hydrogen) atoms. The van der Waals surface area contributed by atoms with Crippen molar-refractivity contribution in [2.24, 2.45) is 5.92 Å². The molecule has 0 aliphatic rings. The molecule has 0 bridgehead atoms. The van der Waals surface area contributed by atoms with Gasteiger partial charge in [0.2, 0.25) is 0 Å². The first-order valence-corrected chi connectivity index (χ1v) is 10.6. The maximum atomic E-state index is 12.5. The third-order valence-electron chi connectivity index (χ3n) is 4.94. The van der Waals surface area contributed by atoms with E-state index >= 15 is 0 Å². The van der Waals surface area contributed by atoms with Crippen molar-refractivity contribution in [1.82, 2.24) is 0 Å². The molecule has 1 rings (SSSR count). The minimum Gasteiger partial charge on any atom is -0.508 e. The van der Waals surface area contributed by atoms with Crippen LogP contribution in [0.5, 0.6) is 5.75 Å². The number of benzene rings is 1. The standard InChI is InChI=1S/C23H36O4/c1-3-5-7-9-10-12-14-19(13-11-8-6-4-2)22(25)27-23(26)20-15-17-21(24)18-16-20/h15-19,24H,3-14H2,1-2H3. The smallest absolute Gasteiger partial charge is 0.345 e. The van der Waals surface area contributed by atoms with Crippen molar-refractivity contribution in [2.75, 3.05) is 0 Å². The normalized spacial score (nSPS) is 11.9. The summed E-state index contributed by atoms with van der Waals surface area (Å²) in [5.74, 6) is -1.16.